The maximum atomic E-state index is 12.2. The van der Waals surface area contributed by atoms with Gasteiger partial charge in [-0.1, -0.05) is 23.2 Å². The van der Waals surface area contributed by atoms with Gasteiger partial charge in [-0.05, 0) is 38.1 Å². The topological polar surface area (TPSA) is 29.5 Å². The van der Waals surface area contributed by atoms with Gasteiger partial charge in [0.25, 0.3) is 0 Å². The molecule has 0 bridgehead atoms. The zero-order valence-electron chi connectivity index (χ0n) is 10.2. The standard InChI is InChI=1S/C13H15Cl2NO2/c1-18-13-6-9(10(14)7-11(13)15)12(17)8-16-4-2-3-5-16/h6-7H,2-5,8H2,1H3. The van der Waals surface area contributed by atoms with Crippen LogP contribution in [0.15, 0.2) is 12.1 Å². The summed E-state index contributed by atoms with van der Waals surface area (Å²) in [5, 5.41) is 0.796. The summed E-state index contributed by atoms with van der Waals surface area (Å²) >= 11 is 12.0. The summed E-state index contributed by atoms with van der Waals surface area (Å²) in [4.78, 5) is 14.3. The summed E-state index contributed by atoms with van der Waals surface area (Å²) in [7, 11) is 1.52. The quantitative estimate of drug-likeness (QED) is 0.796. The molecule has 2 rings (SSSR count). The minimum atomic E-state index is 0.0110. The first kappa shape index (κ1) is 13.7. The first-order chi connectivity index (χ1) is 8.61. The maximum absolute atomic E-state index is 12.2. The fraction of sp³-hybridized carbons (Fsp3) is 0.462. The van der Waals surface area contributed by atoms with E-state index in [1.807, 2.05) is 0 Å². The zero-order chi connectivity index (χ0) is 13.1. The van der Waals surface area contributed by atoms with E-state index < -0.39 is 0 Å². The summed E-state index contributed by atoms with van der Waals surface area (Å²) in [6.07, 6.45) is 2.32. The van der Waals surface area contributed by atoms with Crippen LogP contribution >= 0.6 is 23.2 Å². The fourth-order valence-electron chi connectivity index (χ4n) is 2.13. The second-order valence-corrected chi connectivity index (χ2v) is 5.19. The Hall–Kier alpha value is -0.770. The molecule has 1 aliphatic rings. The number of hydrogen-bond donors (Lipinski definition) is 0. The molecule has 0 unspecified atom stereocenters. The highest BCUT2D eigenvalue weighted by atomic mass is 35.5. The number of benzene rings is 1. The highest BCUT2D eigenvalue weighted by Gasteiger charge is 2.19. The van der Waals surface area contributed by atoms with Gasteiger partial charge in [0, 0.05) is 5.56 Å². The molecule has 0 aliphatic carbocycles. The number of rotatable bonds is 4. The third-order valence-electron chi connectivity index (χ3n) is 3.11. The lowest BCUT2D eigenvalue weighted by atomic mass is 10.1. The normalized spacial score (nSPS) is 15.9. The van der Waals surface area contributed by atoms with Crippen molar-refractivity contribution in [2.75, 3.05) is 26.7 Å². The van der Waals surface area contributed by atoms with Crippen LogP contribution in [0.3, 0.4) is 0 Å². The monoisotopic (exact) mass is 287 g/mol. The summed E-state index contributed by atoms with van der Waals surface area (Å²) in [6.45, 7) is 2.37. The van der Waals surface area contributed by atoms with Crippen molar-refractivity contribution in [3.8, 4) is 5.75 Å². The Morgan fingerprint density at radius 1 is 1.28 bits per heavy atom. The number of carbonyl (C=O) groups is 1. The lowest BCUT2D eigenvalue weighted by Crippen LogP contribution is -2.27. The molecule has 0 spiro atoms. The lowest BCUT2D eigenvalue weighted by molar-refractivity contribution is 0.0945. The summed E-state index contributed by atoms with van der Waals surface area (Å²) in [5.74, 6) is 0.489. The molecule has 1 saturated heterocycles. The van der Waals surface area contributed by atoms with Gasteiger partial charge < -0.3 is 4.74 Å². The van der Waals surface area contributed by atoms with Crippen molar-refractivity contribution >= 4 is 29.0 Å². The van der Waals surface area contributed by atoms with Crippen LogP contribution in [0.25, 0.3) is 0 Å². The van der Waals surface area contributed by atoms with E-state index in [9.17, 15) is 4.79 Å². The van der Waals surface area contributed by atoms with E-state index >= 15 is 0 Å². The fourth-order valence-corrected chi connectivity index (χ4v) is 2.69. The van der Waals surface area contributed by atoms with Gasteiger partial charge in [0.2, 0.25) is 0 Å². The van der Waals surface area contributed by atoms with Crippen molar-refractivity contribution in [1.29, 1.82) is 0 Å². The number of Topliss-reactive ketones (excluding diaryl/α,β-unsaturated/α-hetero) is 1. The molecule has 0 radical (unpaired) electrons. The molecule has 1 fully saturated rings. The van der Waals surface area contributed by atoms with Crippen LogP contribution in [0.4, 0.5) is 0 Å². The minimum absolute atomic E-state index is 0.0110. The van der Waals surface area contributed by atoms with Gasteiger partial charge >= 0.3 is 0 Å². The van der Waals surface area contributed by atoms with Gasteiger partial charge in [0.05, 0.1) is 23.7 Å². The SMILES string of the molecule is COc1cc(C(=O)CN2CCCC2)c(Cl)cc1Cl. The average Bonchev–Trinajstić information content (AvgIpc) is 2.81. The van der Waals surface area contributed by atoms with Crippen molar-refractivity contribution in [3.05, 3.63) is 27.7 Å². The summed E-state index contributed by atoms with van der Waals surface area (Å²) in [6, 6.07) is 3.17. The lowest BCUT2D eigenvalue weighted by Gasteiger charge is -2.14. The molecular weight excluding hydrogens is 273 g/mol. The highest BCUT2D eigenvalue weighted by Crippen LogP contribution is 2.31. The molecule has 0 amide bonds. The van der Waals surface area contributed by atoms with E-state index in [-0.39, 0.29) is 5.78 Å². The van der Waals surface area contributed by atoms with Crippen LogP contribution in [0.1, 0.15) is 23.2 Å². The van der Waals surface area contributed by atoms with Crippen LogP contribution in [-0.4, -0.2) is 37.4 Å². The van der Waals surface area contributed by atoms with Gasteiger partial charge in [-0.3, -0.25) is 9.69 Å². The Balaban J connectivity index is 2.18. The summed E-state index contributed by atoms with van der Waals surface area (Å²) in [5.41, 5.74) is 0.477. The van der Waals surface area contributed by atoms with Gasteiger partial charge in [-0.15, -0.1) is 0 Å². The van der Waals surface area contributed by atoms with Gasteiger partial charge in [0.15, 0.2) is 5.78 Å². The van der Waals surface area contributed by atoms with E-state index in [0.717, 1.165) is 25.9 Å². The van der Waals surface area contributed by atoms with E-state index in [4.69, 9.17) is 27.9 Å². The molecule has 18 heavy (non-hydrogen) atoms. The van der Waals surface area contributed by atoms with Crippen molar-refractivity contribution in [1.82, 2.24) is 4.90 Å². The number of ketones is 1. The molecule has 0 N–H and O–H groups in total. The molecule has 1 heterocycles. The predicted octanol–water partition coefficient (Wildman–Crippen LogP) is 3.28. The Bertz CT molecular complexity index is 457. The number of likely N-dealkylation sites (tertiary alicyclic amines) is 1. The number of nitrogens with zero attached hydrogens (tertiary/aromatic N) is 1. The van der Waals surface area contributed by atoms with Crippen LogP contribution in [0.5, 0.6) is 5.75 Å². The Labute approximate surface area is 117 Å². The number of ether oxygens (including phenoxy) is 1. The Kier molecular flexibility index (Phi) is 4.49. The van der Waals surface area contributed by atoms with E-state index in [1.54, 1.807) is 12.1 Å². The molecule has 1 aliphatic heterocycles. The van der Waals surface area contributed by atoms with Crippen molar-refractivity contribution < 1.29 is 9.53 Å². The van der Waals surface area contributed by atoms with Crippen LogP contribution < -0.4 is 4.74 Å². The van der Waals surface area contributed by atoms with Crippen LogP contribution in [0.2, 0.25) is 10.0 Å². The van der Waals surface area contributed by atoms with Gasteiger partial charge in [0.1, 0.15) is 5.75 Å². The predicted molar refractivity (Wildman–Crippen MR) is 73.0 cm³/mol. The van der Waals surface area contributed by atoms with Gasteiger partial charge in [-0.2, -0.15) is 0 Å². The first-order valence-electron chi connectivity index (χ1n) is 5.90. The van der Waals surface area contributed by atoms with E-state index in [2.05, 4.69) is 4.90 Å². The van der Waals surface area contributed by atoms with E-state index in [0.29, 0.717) is 27.9 Å². The smallest absolute Gasteiger partial charge is 0.178 e. The number of methoxy groups -OCH3 is 1. The van der Waals surface area contributed by atoms with Crippen molar-refractivity contribution in [3.63, 3.8) is 0 Å². The first-order valence-corrected chi connectivity index (χ1v) is 6.66. The Morgan fingerprint density at radius 2 is 1.94 bits per heavy atom. The number of halogens is 2. The Morgan fingerprint density at radius 3 is 2.56 bits per heavy atom. The number of hydrogen-bond acceptors (Lipinski definition) is 3. The van der Waals surface area contributed by atoms with Crippen molar-refractivity contribution in [2.45, 2.75) is 12.8 Å². The van der Waals surface area contributed by atoms with Gasteiger partial charge in [-0.25, -0.2) is 0 Å². The zero-order valence-corrected chi connectivity index (χ0v) is 11.7. The largest absolute Gasteiger partial charge is 0.495 e. The molecule has 98 valence electrons. The maximum Gasteiger partial charge on any atom is 0.178 e. The second-order valence-electron chi connectivity index (χ2n) is 4.37. The second kappa shape index (κ2) is 5.91. The van der Waals surface area contributed by atoms with Crippen molar-refractivity contribution in [2.24, 2.45) is 0 Å². The number of carbonyl (C=O) groups excluding carboxylic acids is 1. The molecule has 0 saturated carbocycles. The molecule has 0 aromatic heterocycles. The highest BCUT2D eigenvalue weighted by molar-refractivity contribution is 6.37. The minimum Gasteiger partial charge on any atom is -0.495 e. The molecule has 1 aromatic rings. The molecule has 1 aromatic carbocycles. The molecule has 3 nitrogen and oxygen atoms in total. The van der Waals surface area contributed by atoms with Crippen LogP contribution in [0, 0.1) is 0 Å². The summed E-state index contributed by atoms with van der Waals surface area (Å²) < 4.78 is 5.10. The van der Waals surface area contributed by atoms with E-state index in [1.165, 1.54) is 7.11 Å². The third-order valence-corrected chi connectivity index (χ3v) is 3.72. The average molecular weight is 288 g/mol. The molecule has 5 heteroatoms. The third kappa shape index (κ3) is 2.97. The molecule has 0 atom stereocenters. The van der Waals surface area contributed by atoms with Crippen LogP contribution in [-0.2, 0) is 0 Å². The molecular formula is C13H15Cl2NO2.